The van der Waals surface area contributed by atoms with Crippen LogP contribution in [0.25, 0.3) is 6.08 Å². The zero-order valence-electron chi connectivity index (χ0n) is 21.9. The Morgan fingerprint density at radius 1 is 1.11 bits per heavy atom. The molecule has 0 saturated heterocycles. The van der Waals surface area contributed by atoms with Gasteiger partial charge in [-0.05, 0) is 70.4 Å². The van der Waals surface area contributed by atoms with E-state index < -0.39 is 29.7 Å². The number of alkyl carbamates (subject to hydrolysis) is 1. The molecule has 0 aliphatic rings. The maximum atomic E-state index is 13.8. The van der Waals surface area contributed by atoms with Gasteiger partial charge in [-0.25, -0.2) is 4.79 Å². The molecule has 0 spiro atoms. The Bertz CT molecular complexity index is 1090. The second-order valence-corrected chi connectivity index (χ2v) is 10.2. The highest BCUT2D eigenvalue weighted by Crippen LogP contribution is 2.28. The van der Waals surface area contributed by atoms with E-state index in [9.17, 15) is 14.4 Å². The molecule has 2 N–H and O–H groups in total. The van der Waals surface area contributed by atoms with Crippen LogP contribution in [0.4, 0.5) is 10.5 Å². The van der Waals surface area contributed by atoms with Gasteiger partial charge in [0.05, 0.1) is 0 Å². The number of anilines is 1. The predicted octanol–water partition coefficient (Wildman–Crippen LogP) is 5.38. The summed E-state index contributed by atoms with van der Waals surface area (Å²) in [6, 6.07) is 12.4. The van der Waals surface area contributed by atoms with E-state index in [1.807, 2.05) is 63.2 Å². The van der Waals surface area contributed by atoms with Gasteiger partial charge in [0.25, 0.3) is 5.91 Å². The molecule has 2 aromatic rings. The number of nitrogens with one attached hydrogen (secondary N) is 2. The summed E-state index contributed by atoms with van der Waals surface area (Å²) in [5.74, 6) is -0.789. The molecule has 0 heterocycles. The van der Waals surface area contributed by atoms with Crippen molar-refractivity contribution in [3.63, 3.8) is 0 Å². The Morgan fingerprint density at radius 3 is 2.33 bits per heavy atom. The monoisotopic (exact) mass is 511 g/mol. The summed E-state index contributed by atoms with van der Waals surface area (Å²) in [6.45, 7) is 14.6. The summed E-state index contributed by atoms with van der Waals surface area (Å²) in [4.78, 5) is 41.5. The molecule has 7 nitrogen and oxygen atoms in total. The van der Waals surface area contributed by atoms with Crippen LogP contribution < -0.4 is 10.6 Å². The van der Waals surface area contributed by atoms with Crippen molar-refractivity contribution in [2.24, 2.45) is 0 Å². The average molecular weight is 512 g/mol. The van der Waals surface area contributed by atoms with E-state index in [1.54, 1.807) is 32.9 Å². The summed E-state index contributed by atoms with van der Waals surface area (Å²) in [5, 5.41) is 5.58. The van der Waals surface area contributed by atoms with Crippen molar-refractivity contribution >= 4 is 42.3 Å². The van der Waals surface area contributed by atoms with Gasteiger partial charge in [0.1, 0.15) is 17.7 Å². The SMILES string of the molecule is C=Cc1cccc(C(C(=O)Nc2ccccc2C)N(C(=O)C(CS)NC(=O)OC(C)(C)C)C(C)C)c1. The van der Waals surface area contributed by atoms with E-state index >= 15 is 0 Å². The maximum absolute atomic E-state index is 13.8. The van der Waals surface area contributed by atoms with Gasteiger partial charge in [0.2, 0.25) is 5.91 Å². The number of thiol groups is 1. The molecule has 0 saturated carbocycles. The lowest BCUT2D eigenvalue weighted by Crippen LogP contribution is -2.55. The van der Waals surface area contributed by atoms with Crippen LogP contribution in [0.5, 0.6) is 0 Å². The summed E-state index contributed by atoms with van der Waals surface area (Å²) in [5.41, 5.74) is 2.26. The van der Waals surface area contributed by atoms with Gasteiger partial charge in [0, 0.05) is 17.5 Å². The van der Waals surface area contributed by atoms with E-state index in [4.69, 9.17) is 4.74 Å². The lowest BCUT2D eigenvalue weighted by molar-refractivity contribution is -0.142. The summed E-state index contributed by atoms with van der Waals surface area (Å²) in [7, 11) is 0. The molecule has 2 aromatic carbocycles. The Labute approximate surface area is 219 Å². The Balaban J connectivity index is 2.50. The zero-order valence-corrected chi connectivity index (χ0v) is 22.8. The molecule has 36 heavy (non-hydrogen) atoms. The van der Waals surface area contributed by atoms with E-state index in [1.165, 1.54) is 4.90 Å². The molecule has 0 aliphatic heterocycles. The molecule has 2 atom stereocenters. The van der Waals surface area contributed by atoms with Crippen molar-refractivity contribution in [3.05, 3.63) is 71.8 Å². The standard InChI is InChI=1S/C28H37N3O4S/c1-8-20-13-11-14-21(16-20)24(25(32)29-22-15-10-9-12-19(22)4)31(18(2)3)26(33)23(17-36)30-27(34)35-28(5,6)7/h8-16,18,23-24,36H,1,17H2,2-7H3,(H,29,32)(H,30,34). The number of hydrogen-bond acceptors (Lipinski definition) is 5. The van der Waals surface area contributed by atoms with Crippen molar-refractivity contribution in [2.75, 3.05) is 11.1 Å². The number of carbonyl (C=O) groups is 3. The molecular formula is C28H37N3O4S. The van der Waals surface area contributed by atoms with E-state index in [0.717, 1.165) is 11.1 Å². The number of rotatable bonds is 9. The van der Waals surface area contributed by atoms with Gasteiger partial charge in [-0.3, -0.25) is 9.59 Å². The fraction of sp³-hybridized carbons (Fsp3) is 0.393. The first-order valence-corrected chi connectivity index (χ1v) is 12.5. The minimum atomic E-state index is -0.998. The summed E-state index contributed by atoms with van der Waals surface area (Å²) in [6.07, 6.45) is 0.954. The number of carbonyl (C=O) groups excluding carboxylic acids is 3. The van der Waals surface area contributed by atoms with Crippen molar-refractivity contribution in [1.29, 1.82) is 0 Å². The third-order valence-electron chi connectivity index (χ3n) is 5.37. The lowest BCUT2D eigenvalue weighted by atomic mass is 9.99. The highest BCUT2D eigenvalue weighted by molar-refractivity contribution is 7.80. The first kappa shape index (κ1) is 29.0. The van der Waals surface area contributed by atoms with Gasteiger partial charge < -0.3 is 20.3 Å². The van der Waals surface area contributed by atoms with Gasteiger partial charge in [-0.15, -0.1) is 0 Å². The van der Waals surface area contributed by atoms with Crippen LogP contribution in [-0.2, 0) is 14.3 Å². The number of ether oxygens (including phenoxy) is 1. The third kappa shape index (κ3) is 7.88. The molecule has 0 radical (unpaired) electrons. The third-order valence-corrected chi connectivity index (χ3v) is 5.74. The van der Waals surface area contributed by atoms with Crippen LogP contribution >= 0.6 is 12.6 Å². The quantitative estimate of drug-likeness (QED) is 0.395. The first-order valence-electron chi connectivity index (χ1n) is 11.9. The van der Waals surface area contributed by atoms with Crippen molar-refractivity contribution in [2.45, 2.75) is 65.3 Å². The minimum Gasteiger partial charge on any atom is -0.444 e. The van der Waals surface area contributed by atoms with Crippen LogP contribution in [0.2, 0.25) is 0 Å². The smallest absolute Gasteiger partial charge is 0.408 e. The molecule has 3 amide bonds. The number of benzene rings is 2. The molecule has 0 fully saturated rings. The van der Waals surface area contributed by atoms with Crippen LogP contribution in [0, 0.1) is 6.92 Å². The van der Waals surface area contributed by atoms with Crippen molar-refractivity contribution in [3.8, 4) is 0 Å². The molecular weight excluding hydrogens is 474 g/mol. The number of para-hydroxylation sites is 1. The first-order chi connectivity index (χ1) is 16.9. The second-order valence-electron chi connectivity index (χ2n) is 9.80. The van der Waals surface area contributed by atoms with Gasteiger partial charge >= 0.3 is 6.09 Å². The molecule has 8 heteroatoms. The Hall–Kier alpha value is -3.26. The number of amides is 3. The van der Waals surface area contributed by atoms with Crippen molar-refractivity contribution < 1.29 is 19.1 Å². The lowest BCUT2D eigenvalue weighted by Gasteiger charge is -2.37. The molecule has 194 valence electrons. The van der Waals surface area contributed by atoms with Gasteiger partial charge in [-0.2, -0.15) is 12.6 Å². The molecule has 0 aromatic heterocycles. The zero-order chi connectivity index (χ0) is 27.0. The van der Waals surface area contributed by atoms with Crippen LogP contribution in [0.15, 0.2) is 55.1 Å². The highest BCUT2D eigenvalue weighted by atomic mass is 32.1. The normalized spacial score (nSPS) is 12.9. The largest absolute Gasteiger partial charge is 0.444 e. The molecule has 2 rings (SSSR count). The second kappa shape index (κ2) is 12.6. The topological polar surface area (TPSA) is 87.7 Å². The van der Waals surface area contributed by atoms with E-state index in [-0.39, 0.29) is 17.7 Å². The molecule has 2 unspecified atom stereocenters. The number of nitrogens with zero attached hydrogens (tertiary/aromatic N) is 1. The summed E-state index contributed by atoms with van der Waals surface area (Å²) < 4.78 is 5.33. The van der Waals surface area contributed by atoms with E-state index in [0.29, 0.717) is 11.3 Å². The van der Waals surface area contributed by atoms with Gasteiger partial charge in [-0.1, -0.05) is 49.1 Å². The maximum Gasteiger partial charge on any atom is 0.408 e. The van der Waals surface area contributed by atoms with Crippen LogP contribution in [-0.4, -0.2) is 46.2 Å². The fourth-order valence-electron chi connectivity index (χ4n) is 3.70. The van der Waals surface area contributed by atoms with E-state index in [2.05, 4.69) is 29.8 Å². The Kier molecular flexibility index (Phi) is 10.2. The predicted molar refractivity (Wildman–Crippen MR) is 148 cm³/mol. The van der Waals surface area contributed by atoms with Crippen molar-refractivity contribution in [1.82, 2.24) is 10.2 Å². The highest BCUT2D eigenvalue weighted by Gasteiger charge is 2.37. The van der Waals surface area contributed by atoms with Crippen LogP contribution in [0.1, 0.15) is 57.4 Å². The number of hydrogen-bond donors (Lipinski definition) is 3. The molecule has 0 bridgehead atoms. The van der Waals surface area contributed by atoms with Gasteiger partial charge in [0.15, 0.2) is 0 Å². The minimum absolute atomic E-state index is 0.0279. The Morgan fingerprint density at radius 2 is 1.78 bits per heavy atom. The number of aryl methyl sites for hydroxylation is 1. The molecule has 0 aliphatic carbocycles. The average Bonchev–Trinajstić information content (AvgIpc) is 2.80. The van der Waals surface area contributed by atoms with Crippen LogP contribution in [0.3, 0.4) is 0 Å². The summed E-state index contributed by atoms with van der Waals surface area (Å²) >= 11 is 4.31. The fourth-order valence-corrected chi connectivity index (χ4v) is 3.95.